The normalized spacial score (nSPS) is 10.2. The molecule has 0 spiro atoms. The van der Waals surface area contributed by atoms with Crippen LogP contribution in [0.2, 0.25) is 0 Å². The lowest BCUT2D eigenvalue weighted by Gasteiger charge is -2.12. The Hall–Kier alpha value is -2.01. The highest BCUT2D eigenvalue weighted by Gasteiger charge is 2.13. The van der Waals surface area contributed by atoms with Gasteiger partial charge >= 0.3 is 5.97 Å². The highest BCUT2D eigenvalue weighted by Crippen LogP contribution is 2.24. The Morgan fingerprint density at radius 3 is 2.62 bits per heavy atom. The number of nitrogen functional groups attached to an aromatic ring is 1. The van der Waals surface area contributed by atoms with Crippen molar-refractivity contribution < 1.29 is 9.53 Å². The minimum absolute atomic E-state index is 0.328. The summed E-state index contributed by atoms with van der Waals surface area (Å²) in [6.45, 7) is 2.72. The lowest BCUT2D eigenvalue weighted by Crippen LogP contribution is -2.10. The van der Waals surface area contributed by atoms with Crippen molar-refractivity contribution in [2.24, 2.45) is 0 Å². The standard InChI is InChI=1S/C16H17BrN2O2/c1-2-21-16(20)13-4-3-5-14(15(13)18)19-10-11-6-8-12(17)9-7-11/h3-9,19H,2,10,18H2,1H3. The summed E-state index contributed by atoms with van der Waals surface area (Å²) in [6, 6.07) is 13.3. The molecule has 4 nitrogen and oxygen atoms in total. The van der Waals surface area contributed by atoms with Gasteiger partial charge in [-0.15, -0.1) is 0 Å². The first-order valence-electron chi connectivity index (χ1n) is 6.65. The molecule has 0 radical (unpaired) electrons. The maximum Gasteiger partial charge on any atom is 0.340 e. The van der Waals surface area contributed by atoms with Crippen LogP contribution in [-0.4, -0.2) is 12.6 Å². The summed E-state index contributed by atoms with van der Waals surface area (Å²) in [7, 11) is 0. The number of halogens is 1. The zero-order valence-corrected chi connectivity index (χ0v) is 13.3. The summed E-state index contributed by atoms with van der Waals surface area (Å²) in [4.78, 5) is 11.8. The van der Waals surface area contributed by atoms with Crippen LogP contribution in [0.25, 0.3) is 0 Å². The first kappa shape index (κ1) is 15.4. The first-order chi connectivity index (χ1) is 10.1. The molecule has 0 aliphatic heterocycles. The third-order valence-corrected chi connectivity index (χ3v) is 3.53. The van der Waals surface area contributed by atoms with Crippen molar-refractivity contribution in [2.75, 3.05) is 17.7 Å². The van der Waals surface area contributed by atoms with Crippen LogP contribution in [0.15, 0.2) is 46.9 Å². The molecule has 0 bridgehead atoms. The predicted molar refractivity (Wildman–Crippen MR) is 88.3 cm³/mol. The SMILES string of the molecule is CCOC(=O)c1cccc(NCc2ccc(Br)cc2)c1N. The molecule has 2 aromatic rings. The second-order valence-corrected chi connectivity index (χ2v) is 5.38. The molecule has 0 atom stereocenters. The molecule has 0 aliphatic rings. The molecule has 0 saturated heterocycles. The van der Waals surface area contributed by atoms with E-state index in [4.69, 9.17) is 10.5 Å². The minimum Gasteiger partial charge on any atom is -0.462 e. The quantitative estimate of drug-likeness (QED) is 0.636. The van der Waals surface area contributed by atoms with Crippen molar-refractivity contribution >= 4 is 33.3 Å². The fraction of sp³-hybridized carbons (Fsp3) is 0.188. The molecule has 3 N–H and O–H groups in total. The van der Waals surface area contributed by atoms with Crippen LogP contribution in [-0.2, 0) is 11.3 Å². The number of hydrogen-bond donors (Lipinski definition) is 2. The van der Waals surface area contributed by atoms with Gasteiger partial charge in [-0.3, -0.25) is 0 Å². The van der Waals surface area contributed by atoms with Crippen molar-refractivity contribution in [3.05, 3.63) is 58.1 Å². The largest absolute Gasteiger partial charge is 0.462 e. The van der Waals surface area contributed by atoms with Crippen LogP contribution < -0.4 is 11.1 Å². The van der Waals surface area contributed by atoms with Gasteiger partial charge in [0.1, 0.15) is 0 Å². The number of carbonyl (C=O) groups excluding carboxylic acids is 1. The third-order valence-electron chi connectivity index (χ3n) is 3.00. The average molecular weight is 349 g/mol. The van der Waals surface area contributed by atoms with E-state index in [-0.39, 0.29) is 0 Å². The van der Waals surface area contributed by atoms with Gasteiger partial charge in [-0.2, -0.15) is 0 Å². The lowest BCUT2D eigenvalue weighted by molar-refractivity contribution is 0.0527. The van der Waals surface area contributed by atoms with E-state index in [1.165, 1.54) is 0 Å². The van der Waals surface area contributed by atoms with Crippen LogP contribution in [0.5, 0.6) is 0 Å². The molecule has 21 heavy (non-hydrogen) atoms. The molecule has 0 aromatic heterocycles. The van der Waals surface area contributed by atoms with Gasteiger partial charge in [0, 0.05) is 11.0 Å². The van der Waals surface area contributed by atoms with E-state index in [1.54, 1.807) is 19.1 Å². The molecule has 0 amide bonds. The number of benzene rings is 2. The number of nitrogens with one attached hydrogen (secondary N) is 1. The predicted octanol–water partition coefficient (Wildman–Crippen LogP) is 3.82. The van der Waals surface area contributed by atoms with Gasteiger partial charge in [0.05, 0.1) is 23.5 Å². The van der Waals surface area contributed by atoms with Crippen molar-refractivity contribution in [3.63, 3.8) is 0 Å². The molecule has 110 valence electrons. The van der Waals surface area contributed by atoms with Gasteiger partial charge in [0.2, 0.25) is 0 Å². The van der Waals surface area contributed by atoms with Crippen molar-refractivity contribution in [1.82, 2.24) is 0 Å². The van der Waals surface area contributed by atoms with Gasteiger partial charge in [-0.1, -0.05) is 34.1 Å². The van der Waals surface area contributed by atoms with E-state index in [0.29, 0.717) is 24.4 Å². The second kappa shape index (κ2) is 7.13. The smallest absolute Gasteiger partial charge is 0.340 e. The minimum atomic E-state index is -0.401. The Labute approximate surface area is 132 Å². The zero-order chi connectivity index (χ0) is 15.2. The van der Waals surface area contributed by atoms with E-state index in [2.05, 4.69) is 21.2 Å². The Bertz CT molecular complexity index is 627. The number of anilines is 2. The molecule has 0 heterocycles. The molecular weight excluding hydrogens is 332 g/mol. The monoisotopic (exact) mass is 348 g/mol. The van der Waals surface area contributed by atoms with E-state index in [9.17, 15) is 4.79 Å². The van der Waals surface area contributed by atoms with Gasteiger partial charge in [-0.25, -0.2) is 4.79 Å². The summed E-state index contributed by atoms with van der Waals surface area (Å²) in [6.07, 6.45) is 0. The Kier molecular flexibility index (Phi) is 5.22. The number of hydrogen-bond acceptors (Lipinski definition) is 4. The number of esters is 1. The molecule has 0 aliphatic carbocycles. The lowest BCUT2D eigenvalue weighted by atomic mass is 10.1. The molecule has 0 unspecified atom stereocenters. The number of nitrogens with two attached hydrogens (primary N) is 1. The molecule has 0 saturated carbocycles. The highest BCUT2D eigenvalue weighted by molar-refractivity contribution is 9.10. The number of para-hydroxylation sites is 1. The fourth-order valence-electron chi connectivity index (χ4n) is 1.91. The maximum atomic E-state index is 11.8. The molecule has 2 aromatic carbocycles. The summed E-state index contributed by atoms with van der Waals surface area (Å²) >= 11 is 3.40. The van der Waals surface area contributed by atoms with Gasteiger partial charge in [0.25, 0.3) is 0 Å². The number of carbonyl (C=O) groups is 1. The highest BCUT2D eigenvalue weighted by atomic mass is 79.9. The van der Waals surface area contributed by atoms with E-state index < -0.39 is 5.97 Å². The maximum absolute atomic E-state index is 11.8. The van der Waals surface area contributed by atoms with Gasteiger partial charge < -0.3 is 15.8 Å². The summed E-state index contributed by atoms with van der Waals surface area (Å²) in [5, 5.41) is 3.24. The summed E-state index contributed by atoms with van der Waals surface area (Å²) in [5.74, 6) is -0.401. The first-order valence-corrected chi connectivity index (χ1v) is 7.45. The van der Waals surface area contributed by atoms with E-state index in [0.717, 1.165) is 15.7 Å². The van der Waals surface area contributed by atoms with E-state index in [1.807, 2.05) is 30.3 Å². The van der Waals surface area contributed by atoms with Crippen LogP contribution in [0.1, 0.15) is 22.8 Å². The Morgan fingerprint density at radius 1 is 1.24 bits per heavy atom. The number of rotatable bonds is 5. The van der Waals surface area contributed by atoms with Crippen molar-refractivity contribution in [2.45, 2.75) is 13.5 Å². The van der Waals surface area contributed by atoms with Crippen molar-refractivity contribution in [1.29, 1.82) is 0 Å². The van der Waals surface area contributed by atoms with Gasteiger partial charge in [-0.05, 0) is 36.8 Å². The molecule has 2 rings (SSSR count). The van der Waals surface area contributed by atoms with Gasteiger partial charge in [0.15, 0.2) is 0 Å². The molecule has 5 heteroatoms. The van der Waals surface area contributed by atoms with Crippen molar-refractivity contribution in [3.8, 4) is 0 Å². The summed E-state index contributed by atoms with van der Waals surface area (Å²) in [5.41, 5.74) is 8.68. The van der Waals surface area contributed by atoms with Crippen LogP contribution >= 0.6 is 15.9 Å². The number of ether oxygens (including phenoxy) is 1. The Balaban J connectivity index is 2.11. The topological polar surface area (TPSA) is 64.3 Å². The summed E-state index contributed by atoms with van der Waals surface area (Å²) < 4.78 is 6.02. The van der Waals surface area contributed by atoms with Crippen LogP contribution in [0.3, 0.4) is 0 Å². The van der Waals surface area contributed by atoms with E-state index >= 15 is 0 Å². The average Bonchev–Trinajstić information content (AvgIpc) is 2.48. The Morgan fingerprint density at radius 2 is 1.95 bits per heavy atom. The molecular formula is C16H17BrN2O2. The fourth-order valence-corrected chi connectivity index (χ4v) is 2.17. The van der Waals surface area contributed by atoms with Crippen LogP contribution in [0.4, 0.5) is 11.4 Å². The third kappa shape index (κ3) is 3.98. The second-order valence-electron chi connectivity index (χ2n) is 4.47. The van der Waals surface area contributed by atoms with Crippen LogP contribution in [0, 0.1) is 0 Å². The zero-order valence-electron chi connectivity index (χ0n) is 11.7. The molecule has 0 fully saturated rings.